The number of hydrogen-bond acceptors (Lipinski definition) is 4. The lowest BCUT2D eigenvalue weighted by molar-refractivity contribution is 0.323. The first-order valence-corrected chi connectivity index (χ1v) is 4.61. The van der Waals surface area contributed by atoms with E-state index in [1.807, 2.05) is 0 Å². The second-order valence-corrected chi connectivity index (χ2v) is 3.31. The molecule has 1 aromatic carbocycles. The number of aromatic hydroxyl groups is 1. The average molecular weight is 256 g/mol. The fraction of sp³-hybridized carbons (Fsp3) is 0. The molecular formula is C9H6BrNO3. The van der Waals surface area contributed by atoms with Crippen molar-refractivity contribution in [1.29, 1.82) is 0 Å². The number of rotatable bonds is 2. The average Bonchev–Trinajstić information content (AvgIpc) is 2.56. The SMILES string of the molecule is Oc1ccc(Oc2ncc(Br)o2)cc1. The Morgan fingerprint density at radius 3 is 2.57 bits per heavy atom. The summed E-state index contributed by atoms with van der Waals surface area (Å²) in [6, 6.07) is 6.28. The van der Waals surface area contributed by atoms with Gasteiger partial charge >= 0.3 is 6.08 Å². The Morgan fingerprint density at radius 2 is 2.00 bits per heavy atom. The van der Waals surface area contributed by atoms with E-state index in [-0.39, 0.29) is 11.8 Å². The molecule has 2 rings (SSSR count). The number of halogens is 1. The molecule has 0 atom stereocenters. The predicted octanol–water partition coefficient (Wildman–Crippen LogP) is 2.94. The van der Waals surface area contributed by atoms with Crippen LogP contribution in [-0.2, 0) is 0 Å². The number of nitrogens with zero attached hydrogens (tertiary/aromatic N) is 1. The van der Waals surface area contributed by atoms with Crippen molar-refractivity contribution in [3.05, 3.63) is 35.1 Å². The van der Waals surface area contributed by atoms with Crippen LogP contribution in [-0.4, -0.2) is 10.1 Å². The maximum absolute atomic E-state index is 9.02. The molecule has 0 saturated carbocycles. The highest BCUT2D eigenvalue weighted by Gasteiger charge is 2.03. The van der Waals surface area contributed by atoms with E-state index in [1.165, 1.54) is 18.3 Å². The van der Waals surface area contributed by atoms with E-state index in [0.29, 0.717) is 10.4 Å². The summed E-state index contributed by atoms with van der Waals surface area (Å²) in [5, 5.41) is 9.02. The van der Waals surface area contributed by atoms with Crippen molar-refractivity contribution in [3.8, 4) is 17.6 Å². The number of ether oxygens (including phenoxy) is 1. The van der Waals surface area contributed by atoms with Crippen LogP contribution in [0.1, 0.15) is 0 Å². The molecule has 0 fully saturated rings. The van der Waals surface area contributed by atoms with Crippen LogP contribution >= 0.6 is 15.9 Å². The van der Waals surface area contributed by atoms with Crippen LogP contribution in [0.2, 0.25) is 0 Å². The normalized spacial score (nSPS) is 10.1. The van der Waals surface area contributed by atoms with Crippen LogP contribution in [0.4, 0.5) is 0 Å². The molecule has 1 aromatic heterocycles. The molecular weight excluding hydrogens is 250 g/mol. The van der Waals surface area contributed by atoms with Gasteiger partial charge in [-0.1, -0.05) is 0 Å². The van der Waals surface area contributed by atoms with Gasteiger partial charge in [-0.15, -0.1) is 0 Å². The Bertz CT molecular complexity index is 424. The zero-order valence-electron chi connectivity index (χ0n) is 6.98. The second-order valence-electron chi connectivity index (χ2n) is 2.53. The lowest BCUT2D eigenvalue weighted by atomic mass is 10.3. The molecule has 0 aliphatic carbocycles. The van der Waals surface area contributed by atoms with Gasteiger partial charge < -0.3 is 14.3 Å². The second kappa shape index (κ2) is 3.71. The van der Waals surface area contributed by atoms with Crippen LogP contribution in [0, 0.1) is 0 Å². The van der Waals surface area contributed by atoms with Crippen molar-refractivity contribution in [2.45, 2.75) is 0 Å². The third kappa shape index (κ3) is 2.05. The van der Waals surface area contributed by atoms with E-state index >= 15 is 0 Å². The molecule has 0 bridgehead atoms. The molecule has 0 amide bonds. The standard InChI is InChI=1S/C9H6BrNO3/c10-8-5-11-9(14-8)13-7-3-1-6(12)2-4-7/h1-5,12H. The predicted molar refractivity (Wildman–Crippen MR) is 52.4 cm³/mol. The van der Waals surface area contributed by atoms with Crippen molar-refractivity contribution >= 4 is 15.9 Å². The molecule has 0 aliphatic rings. The van der Waals surface area contributed by atoms with Gasteiger partial charge in [0.15, 0.2) is 4.67 Å². The van der Waals surface area contributed by atoms with E-state index in [2.05, 4.69) is 20.9 Å². The van der Waals surface area contributed by atoms with E-state index in [4.69, 9.17) is 14.3 Å². The Hall–Kier alpha value is -1.49. The zero-order valence-corrected chi connectivity index (χ0v) is 8.56. The van der Waals surface area contributed by atoms with Gasteiger partial charge in [-0.3, -0.25) is 0 Å². The molecule has 14 heavy (non-hydrogen) atoms. The topological polar surface area (TPSA) is 55.5 Å². The maximum Gasteiger partial charge on any atom is 0.400 e. The van der Waals surface area contributed by atoms with Crippen molar-refractivity contribution < 1.29 is 14.3 Å². The molecule has 0 radical (unpaired) electrons. The third-order valence-electron chi connectivity index (χ3n) is 1.50. The minimum atomic E-state index is 0.155. The monoisotopic (exact) mass is 255 g/mol. The molecule has 5 heteroatoms. The summed E-state index contributed by atoms with van der Waals surface area (Å²) in [6.07, 6.45) is 1.65. The van der Waals surface area contributed by atoms with Crippen molar-refractivity contribution in [3.63, 3.8) is 0 Å². The summed E-state index contributed by atoms with van der Waals surface area (Å²) in [4.78, 5) is 3.84. The lowest BCUT2D eigenvalue weighted by Gasteiger charge is -1.99. The highest BCUT2D eigenvalue weighted by Crippen LogP contribution is 2.24. The minimum absolute atomic E-state index is 0.155. The molecule has 72 valence electrons. The summed E-state index contributed by atoms with van der Waals surface area (Å²) < 4.78 is 10.8. The number of benzene rings is 1. The van der Waals surface area contributed by atoms with E-state index in [0.717, 1.165) is 0 Å². The number of phenolic OH excluding ortho intramolecular Hbond substituents is 1. The first-order valence-electron chi connectivity index (χ1n) is 3.82. The van der Waals surface area contributed by atoms with E-state index in [9.17, 15) is 0 Å². The van der Waals surface area contributed by atoms with Gasteiger partial charge in [0.2, 0.25) is 0 Å². The van der Waals surface area contributed by atoms with Crippen molar-refractivity contribution in [2.75, 3.05) is 0 Å². The maximum atomic E-state index is 9.02. The molecule has 0 unspecified atom stereocenters. The van der Waals surface area contributed by atoms with Gasteiger partial charge in [0.25, 0.3) is 0 Å². The van der Waals surface area contributed by atoms with Crippen LogP contribution in [0.5, 0.6) is 17.6 Å². The van der Waals surface area contributed by atoms with Gasteiger partial charge in [0, 0.05) is 0 Å². The van der Waals surface area contributed by atoms with Gasteiger partial charge in [-0.05, 0) is 40.2 Å². The first kappa shape index (κ1) is 9.08. The fourth-order valence-electron chi connectivity index (χ4n) is 0.902. The number of oxazole rings is 1. The molecule has 2 aromatic rings. The summed E-state index contributed by atoms with van der Waals surface area (Å²) in [7, 11) is 0. The van der Waals surface area contributed by atoms with Crippen LogP contribution in [0.3, 0.4) is 0 Å². The quantitative estimate of drug-likeness (QED) is 0.897. The van der Waals surface area contributed by atoms with Crippen molar-refractivity contribution in [2.24, 2.45) is 0 Å². The molecule has 0 saturated heterocycles. The van der Waals surface area contributed by atoms with E-state index < -0.39 is 0 Å². The molecule has 4 nitrogen and oxygen atoms in total. The molecule has 0 aliphatic heterocycles. The van der Waals surface area contributed by atoms with E-state index in [1.54, 1.807) is 12.1 Å². The Labute approximate surface area is 88.3 Å². The van der Waals surface area contributed by atoms with Gasteiger partial charge in [-0.2, -0.15) is 4.98 Å². The summed E-state index contributed by atoms with van der Waals surface area (Å²) in [5.41, 5.74) is 0. The summed E-state index contributed by atoms with van der Waals surface area (Å²) in [6.45, 7) is 0. The van der Waals surface area contributed by atoms with Crippen molar-refractivity contribution in [1.82, 2.24) is 4.98 Å². The highest BCUT2D eigenvalue weighted by atomic mass is 79.9. The summed E-state index contributed by atoms with van der Waals surface area (Å²) >= 11 is 3.11. The number of hydrogen-bond donors (Lipinski definition) is 1. The van der Waals surface area contributed by atoms with Crippen LogP contribution < -0.4 is 4.74 Å². The number of phenols is 1. The molecule has 1 heterocycles. The smallest absolute Gasteiger partial charge is 0.400 e. The number of aromatic nitrogens is 1. The van der Waals surface area contributed by atoms with Gasteiger partial charge in [-0.25, -0.2) is 0 Å². The highest BCUT2D eigenvalue weighted by molar-refractivity contribution is 9.10. The summed E-state index contributed by atoms with van der Waals surface area (Å²) in [5.74, 6) is 0.739. The van der Waals surface area contributed by atoms with Crippen LogP contribution in [0.25, 0.3) is 0 Å². The molecule has 1 N–H and O–H groups in total. The first-order chi connectivity index (χ1) is 6.74. The fourth-order valence-corrected chi connectivity index (χ4v) is 1.14. The Morgan fingerprint density at radius 1 is 1.29 bits per heavy atom. The lowest BCUT2D eigenvalue weighted by Crippen LogP contribution is -1.82. The third-order valence-corrected chi connectivity index (χ3v) is 1.86. The van der Waals surface area contributed by atoms with Gasteiger partial charge in [0.1, 0.15) is 11.5 Å². The minimum Gasteiger partial charge on any atom is -0.508 e. The van der Waals surface area contributed by atoms with Gasteiger partial charge in [0.05, 0.1) is 6.20 Å². The molecule has 0 spiro atoms. The Kier molecular flexibility index (Phi) is 2.41. The van der Waals surface area contributed by atoms with Crippen LogP contribution in [0.15, 0.2) is 39.5 Å². The zero-order chi connectivity index (χ0) is 9.97. The largest absolute Gasteiger partial charge is 0.508 e. The Balaban J connectivity index is 2.15.